The van der Waals surface area contributed by atoms with Gasteiger partial charge in [-0.1, -0.05) is 17.7 Å². The fraction of sp³-hybridized carbons (Fsp3) is 0.364. The molecule has 2 nitrogen and oxygen atoms in total. The average molecular weight is 228 g/mol. The number of hydrogen-bond donors (Lipinski definition) is 0. The van der Waals surface area contributed by atoms with Crippen molar-refractivity contribution < 1.29 is 9.13 Å². The van der Waals surface area contributed by atoms with Gasteiger partial charge in [-0.2, -0.15) is 5.26 Å². The third-order valence-corrected chi connectivity index (χ3v) is 2.40. The van der Waals surface area contributed by atoms with Gasteiger partial charge in [0, 0.05) is 12.2 Å². The van der Waals surface area contributed by atoms with Crippen LogP contribution in [0.4, 0.5) is 4.39 Å². The van der Waals surface area contributed by atoms with Gasteiger partial charge in [0.2, 0.25) is 0 Å². The Morgan fingerprint density at radius 2 is 2.27 bits per heavy atom. The zero-order valence-corrected chi connectivity index (χ0v) is 9.31. The number of benzene rings is 1. The van der Waals surface area contributed by atoms with Crippen LogP contribution in [0.3, 0.4) is 0 Å². The van der Waals surface area contributed by atoms with Crippen LogP contribution in [0, 0.1) is 17.1 Å². The van der Waals surface area contributed by atoms with Crippen molar-refractivity contribution in [1.29, 1.82) is 5.26 Å². The summed E-state index contributed by atoms with van der Waals surface area (Å²) in [5.41, 5.74) is -0.644. The van der Waals surface area contributed by atoms with Gasteiger partial charge in [-0.3, -0.25) is 0 Å². The van der Waals surface area contributed by atoms with E-state index in [0.29, 0.717) is 12.2 Å². The molecule has 15 heavy (non-hydrogen) atoms. The van der Waals surface area contributed by atoms with Crippen LogP contribution >= 0.6 is 11.6 Å². The predicted molar refractivity (Wildman–Crippen MR) is 56.0 cm³/mol. The second kappa shape index (κ2) is 4.61. The number of rotatable bonds is 3. The SMILES string of the molecule is CCOC(C)(C#N)c1ccc(F)cc1Cl. The van der Waals surface area contributed by atoms with Crippen LogP contribution in [-0.2, 0) is 10.3 Å². The summed E-state index contributed by atoms with van der Waals surface area (Å²) in [4.78, 5) is 0. The summed E-state index contributed by atoms with van der Waals surface area (Å²) in [6.45, 7) is 3.78. The maximum Gasteiger partial charge on any atom is 0.178 e. The summed E-state index contributed by atoms with van der Waals surface area (Å²) >= 11 is 5.86. The molecule has 1 unspecified atom stereocenters. The van der Waals surface area contributed by atoms with Crippen molar-refractivity contribution in [2.24, 2.45) is 0 Å². The first-order chi connectivity index (χ1) is 7.03. The van der Waals surface area contributed by atoms with Gasteiger partial charge in [0.25, 0.3) is 0 Å². The molecule has 1 aromatic carbocycles. The Hall–Kier alpha value is -1.11. The maximum atomic E-state index is 12.8. The van der Waals surface area contributed by atoms with Crippen molar-refractivity contribution in [3.8, 4) is 6.07 Å². The molecule has 1 aromatic rings. The Balaban J connectivity index is 3.19. The first-order valence-corrected chi connectivity index (χ1v) is 4.92. The molecule has 0 bridgehead atoms. The molecule has 1 atom stereocenters. The minimum Gasteiger partial charge on any atom is -0.356 e. The molecule has 0 saturated carbocycles. The highest BCUT2D eigenvalue weighted by Crippen LogP contribution is 2.31. The van der Waals surface area contributed by atoms with Gasteiger partial charge in [-0.05, 0) is 26.0 Å². The number of ether oxygens (including phenoxy) is 1. The van der Waals surface area contributed by atoms with Gasteiger partial charge < -0.3 is 4.74 Å². The van der Waals surface area contributed by atoms with Gasteiger partial charge >= 0.3 is 0 Å². The second-order valence-electron chi connectivity index (χ2n) is 3.20. The summed E-state index contributed by atoms with van der Waals surface area (Å²) in [7, 11) is 0. The lowest BCUT2D eigenvalue weighted by Crippen LogP contribution is -2.24. The molecular formula is C11H11ClFNO. The van der Waals surface area contributed by atoms with E-state index in [9.17, 15) is 4.39 Å². The molecule has 4 heteroatoms. The molecule has 0 spiro atoms. The molecule has 0 aliphatic carbocycles. The van der Waals surface area contributed by atoms with Crippen LogP contribution in [0.25, 0.3) is 0 Å². The highest BCUT2D eigenvalue weighted by atomic mass is 35.5. The smallest absolute Gasteiger partial charge is 0.178 e. The number of halogens is 2. The molecule has 0 fully saturated rings. The van der Waals surface area contributed by atoms with E-state index in [1.54, 1.807) is 13.8 Å². The van der Waals surface area contributed by atoms with E-state index < -0.39 is 11.4 Å². The molecule has 0 aliphatic rings. The van der Waals surface area contributed by atoms with E-state index in [-0.39, 0.29) is 5.02 Å². The Morgan fingerprint density at radius 3 is 2.73 bits per heavy atom. The topological polar surface area (TPSA) is 33.0 Å². The van der Waals surface area contributed by atoms with Gasteiger partial charge in [0.1, 0.15) is 11.9 Å². The van der Waals surface area contributed by atoms with Crippen LogP contribution in [-0.4, -0.2) is 6.61 Å². The molecule has 0 heterocycles. The highest BCUT2D eigenvalue weighted by molar-refractivity contribution is 6.31. The highest BCUT2D eigenvalue weighted by Gasteiger charge is 2.29. The first-order valence-electron chi connectivity index (χ1n) is 4.54. The molecule has 0 radical (unpaired) electrons. The lowest BCUT2D eigenvalue weighted by atomic mass is 9.97. The number of hydrogen-bond acceptors (Lipinski definition) is 2. The molecule has 0 aliphatic heterocycles. The fourth-order valence-electron chi connectivity index (χ4n) is 1.34. The Bertz CT molecular complexity index is 402. The summed E-state index contributed by atoms with van der Waals surface area (Å²) in [6.07, 6.45) is 0. The summed E-state index contributed by atoms with van der Waals surface area (Å²) in [5, 5.41) is 9.24. The first kappa shape index (κ1) is 12.0. The van der Waals surface area contributed by atoms with E-state index in [1.807, 2.05) is 6.07 Å². The van der Waals surface area contributed by atoms with Crippen molar-refractivity contribution in [2.45, 2.75) is 19.4 Å². The number of nitriles is 1. The standard InChI is InChI=1S/C11H11ClFNO/c1-3-15-11(2,7-14)9-5-4-8(13)6-10(9)12/h4-6H,3H2,1-2H3. The molecule has 1 rings (SSSR count). The van der Waals surface area contributed by atoms with Gasteiger partial charge in [-0.15, -0.1) is 0 Å². The van der Waals surface area contributed by atoms with E-state index >= 15 is 0 Å². The minimum absolute atomic E-state index is 0.201. The van der Waals surface area contributed by atoms with Gasteiger partial charge in [-0.25, -0.2) is 4.39 Å². The van der Waals surface area contributed by atoms with E-state index in [0.717, 1.165) is 0 Å². The summed E-state index contributed by atoms with van der Waals surface area (Å²) < 4.78 is 18.1. The monoisotopic (exact) mass is 227 g/mol. The molecule has 0 N–H and O–H groups in total. The summed E-state index contributed by atoms with van der Waals surface area (Å²) in [5.74, 6) is -0.430. The Kier molecular flexibility index (Phi) is 3.67. The van der Waals surface area contributed by atoms with Gasteiger partial charge in [0.05, 0.1) is 5.02 Å². The third kappa shape index (κ3) is 2.47. The van der Waals surface area contributed by atoms with Crippen molar-refractivity contribution in [3.63, 3.8) is 0 Å². The van der Waals surface area contributed by atoms with E-state index in [2.05, 4.69) is 0 Å². The van der Waals surface area contributed by atoms with Crippen molar-refractivity contribution >= 4 is 11.6 Å². The second-order valence-corrected chi connectivity index (χ2v) is 3.61. The van der Waals surface area contributed by atoms with Crippen molar-refractivity contribution in [1.82, 2.24) is 0 Å². The lowest BCUT2D eigenvalue weighted by molar-refractivity contribution is 0.0168. The largest absolute Gasteiger partial charge is 0.356 e. The molecular weight excluding hydrogens is 217 g/mol. The quantitative estimate of drug-likeness (QED) is 0.794. The summed E-state index contributed by atoms with van der Waals surface area (Å²) in [6, 6.07) is 5.93. The minimum atomic E-state index is -1.13. The Labute approximate surface area is 93.2 Å². The van der Waals surface area contributed by atoms with Crippen LogP contribution < -0.4 is 0 Å². The molecule has 0 amide bonds. The third-order valence-electron chi connectivity index (χ3n) is 2.09. The van der Waals surface area contributed by atoms with Gasteiger partial charge in [0.15, 0.2) is 5.60 Å². The molecule has 0 aromatic heterocycles. The van der Waals surface area contributed by atoms with Crippen LogP contribution in [0.15, 0.2) is 18.2 Å². The van der Waals surface area contributed by atoms with Crippen LogP contribution in [0.1, 0.15) is 19.4 Å². The maximum absolute atomic E-state index is 12.8. The normalized spacial score (nSPS) is 14.3. The number of nitrogens with zero attached hydrogens (tertiary/aromatic N) is 1. The Morgan fingerprint density at radius 1 is 1.60 bits per heavy atom. The predicted octanol–water partition coefficient (Wildman–Crippen LogP) is 3.25. The van der Waals surface area contributed by atoms with Crippen molar-refractivity contribution in [3.05, 3.63) is 34.6 Å². The lowest BCUT2D eigenvalue weighted by Gasteiger charge is -2.22. The van der Waals surface area contributed by atoms with Crippen LogP contribution in [0.5, 0.6) is 0 Å². The molecule has 80 valence electrons. The van der Waals surface area contributed by atoms with E-state index in [4.69, 9.17) is 21.6 Å². The zero-order valence-electron chi connectivity index (χ0n) is 8.55. The van der Waals surface area contributed by atoms with Crippen LogP contribution in [0.2, 0.25) is 5.02 Å². The zero-order chi connectivity index (χ0) is 11.5. The molecule has 0 saturated heterocycles. The van der Waals surface area contributed by atoms with E-state index in [1.165, 1.54) is 18.2 Å². The average Bonchev–Trinajstić information content (AvgIpc) is 2.17. The van der Waals surface area contributed by atoms with Crippen molar-refractivity contribution in [2.75, 3.05) is 6.61 Å². The fourth-order valence-corrected chi connectivity index (χ4v) is 1.68.